The van der Waals surface area contributed by atoms with Crippen LogP contribution in [-0.2, 0) is 0 Å². The monoisotopic (exact) mass is 355 g/mol. The van der Waals surface area contributed by atoms with Gasteiger partial charge in [0.25, 0.3) is 0 Å². The summed E-state index contributed by atoms with van der Waals surface area (Å²) in [4.78, 5) is 10.9. The highest BCUT2D eigenvalue weighted by Gasteiger charge is 2.30. The Morgan fingerprint density at radius 3 is 2.96 bits per heavy atom. The van der Waals surface area contributed by atoms with E-state index < -0.39 is 0 Å². The van der Waals surface area contributed by atoms with Gasteiger partial charge in [-0.15, -0.1) is 0 Å². The number of anilines is 1. The molecule has 1 unspecified atom stereocenters. The zero-order chi connectivity index (χ0) is 16.8. The Bertz CT molecular complexity index is 923. The van der Waals surface area contributed by atoms with Crippen LogP contribution in [0.5, 0.6) is 5.75 Å². The summed E-state index contributed by atoms with van der Waals surface area (Å²) in [6.45, 7) is 1.69. The molecular weight excluding hydrogens is 338 g/mol. The second-order valence-corrected chi connectivity index (χ2v) is 7.11. The topological polar surface area (TPSA) is 55.5 Å². The van der Waals surface area contributed by atoms with Crippen LogP contribution in [-0.4, -0.2) is 38.8 Å². The van der Waals surface area contributed by atoms with Crippen molar-refractivity contribution in [2.45, 2.75) is 31.3 Å². The Morgan fingerprint density at radius 1 is 1.20 bits per heavy atom. The normalized spacial score (nSPS) is 20.4. The van der Waals surface area contributed by atoms with Crippen molar-refractivity contribution in [1.29, 1.82) is 0 Å². The van der Waals surface area contributed by atoms with Gasteiger partial charge in [0.15, 0.2) is 5.82 Å². The summed E-state index contributed by atoms with van der Waals surface area (Å²) in [5, 5.41) is 5.25. The average molecular weight is 356 g/mol. The fourth-order valence-corrected chi connectivity index (χ4v) is 3.57. The van der Waals surface area contributed by atoms with Gasteiger partial charge in [0, 0.05) is 49.7 Å². The van der Waals surface area contributed by atoms with Crippen LogP contribution in [0.3, 0.4) is 0 Å². The number of ether oxygens (including phenoxy) is 1. The lowest BCUT2D eigenvalue weighted by Gasteiger charge is -2.19. The van der Waals surface area contributed by atoms with E-state index >= 15 is 0 Å². The summed E-state index contributed by atoms with van der Waals surface area (Å²) in [5.41, 5.74) is 2.26. The summed E-state index contributed by atoms with van der Waals surface area (Å²) < 4.78 is 8.01. The summed E-state index contributed by atoms with van der Waals surface area (Å²) in [6.07, 6.45) is 10.6. The number of nitrogens with zero attached hydrogens (tertiary/aromatic N) is 5. The first-order valence-corrected chi connectivity index (χ1v) is 9.01. The maximum absolute atomic E-state index is 6.15. The molecule has 4 heterocycles. The van der Waals surface area contributed by atoms with E-state index in [1.807, 2.05) is 23.0 Å². The van der Waals surface area contributed by atoms with Gasteiger partial charge in [-0.1, -0.05) is 11.6 Å². The van der Waals surface area contributed by atoms with Gasteiger partial charge in [0.05, 0.1) is 12.2 Å². The third-order valence-corrected chi connectivity index (χ3v) is 5.14. The molecule has 1 aliphatic heterocycles. The van der Waals surface area contributed by atoms with E-state index in [0.717, 1.165) is 30.8 Å². The van der Waals surface area contributed by atoms with Gasteiger partial charge in [-0.2, -0.15) is 5.10 Å². The summed E-state index contributed by atoms with van der Waals surface area (Å²) in [6, 6.07) is 4.00. The molecule has 0 radical (unpaired) electrons. The number of pyridine rings is 1. The standard InChI is InChI=1S/C18H18ClN5O/c19-14-10-20-5-3-17(14)25-13-4-7-23(11-13)18-16-9-15(12-1-2-12)22-24(16)8-6-21-18/h3,5-6,8-10,12-13H,1-2,4,7,11H2. The van der Waals surface area contributed by atoms with E-state index in [2.05, 4.69) is 20.9 Å². The SMILES string of the molecule is Clc1cnccc1OC1CCN(c2nccn3nc(C4CC4)cc23)C1. The maximum atomic E-state index is 6.15. The predicted octanol–water partition coefficient (Wildman–Crippen LogP) is 3.31. The van der Waals surface area contributed by atoms with Crippen LogP contribution in [0.15, 0.2) is 36.9 Å². The van der Waals surface area contributed by atoms with E-state index in [9.17, 15) is 0 Å². The number of hydrogen-bond acceptors (Lipinski definition) is 5. The number of fused-ring (bicyclic) bond motifs is 1. The van der Waals surface area contributed by atoms with Crippen molar-refractivity contribution < 1.29 is 4.74 Å². The van der Waals surface area contributed by atoms with Crippen molar-refractivity contribution in [3.63, 3.8) is 0 Å². The Hall–Kier alpha value is -2.34. The van der Waals surface area contributed by atoms with Crippen LogP contribution >= 0.6 is 11.6 Å². The molecule has 1 saturated heterocycles. The molecule has 0 aromatic carbocycles. The molecule has 0 amide bonds. The van der Waals surface area contributed by atoms with Gasteiger partial charge in [0.2, 0.25) is 0 Å². The van der Waals surface area contributed by atoms with Crippen LogP contribution in [0.2, 0.25) is 5.02 Å². The number of rotatable bonds is 4. The van der Waals surface area contributed by atoms with E-state index in [0.29, 0.717) is 16.7 Å². The van der Waals surface area contributed by atoms with Gasteiger partial charge in [-0.3, -0.25) is 4.98 Å². The van der Waals surface area contributed by atoms with E-state index in [1.165, 1.54) is 18.5 Å². The molecule has 0 spiro atoms. The molecule has 3 aromatic rings. The van der Waals surface area contributed by atoms with Crippen molar-refractivity contribution in [3.8, 4) is 5.75 Å². The molecule has 128 valence electrons. The van der Waals surface area contributed by atoms with Crippen molar-refractivity contribution in [2.75, 3.05) is 18.0 Å². The average Bonchev–Trinajstić information content (AvgIpc) is 3.21. The second-order valence-electron chi connectivity index (χ2n) is 6.70. The highest BCUT2D eigenvalue weighted by Crippen LogP contribution is 2.40. The van der Waals surface area contributed by atoms with Crippen LogP contribution in [0.4, 0.5) is 5.82 Å². The summed E-state index contributed by atoms with van der Waals surface area (Å²) >= 11 is 6.15. The highest BCUT2D eigenvalue weighted by molar-refractivity contribution is 6.31. The summed E-state index contributed by atoms with van der Waals surface area (Å²) in [5.74, 6) is 2.31. The fourth-order valence-electron chi connectivity index (χ4n) is 3.40. The van der Waals surface area contributed by atoms with Gasteiger partial charge < -0.3 is 9.64 Å². The maximum Gasteiger partial charge on any atom is 0.154 e. The van der Waals surface area contributed by atoms with Crippen molar-refractivity contribution in [1.82, 2.24) is 19.6 Å². The largest absolute Gasteiger partial charge is 0.487 e. The van der Waals surface area contributed by atoms with E-state index in [4.69, 9.17) is 21.4 Å². The summed E-state index contributed by atoms with van der Waals surface area (Å²) in [7, 11) is 0. The van der Waals surface area contributed by atoms with Crippen LogP contribution in [0, 0.1) is 0 Å². The third kappa shape index (κ3) is 2.80. The first-order valence-electron chi connectivity index (χ1n) is 8.63. The number of hydrogen-bond donors (Lipinski definition) is 0. The van der Waals surface area contributed by atoms with Gasteiger partial charge in [-0.25, -0.2) is 9.50 Å². The minimum atomic E-state index is 0.0905. The molecule has 2 fully saturated rings. The molecule has 6 nitrogen and oxygen atoms in total. The Morgan fingerprint density at radius 2 is 2.12 bits per heavy atom. The highest BCUT2D eigenvalue weighted by atomic mass is 35.5. The van der Waals surface area contributed by atoms with Crippen molar-refractivity contribution in [2.24, 2.45) is 0 Å². The Kier molecular flexibility index (Phi) is 3.52. The first kappa shape index (κ1) is 15.0. The fraction of sp³-hybridized carbons (Fsp3) is 0.389. The molecule has 25 heavy (non-hydrogen) atoms. The molecule has 2 aliphatic rings. The van der Waals surface area contributed by atoms with Crippen LogP contribution < -0.4 is 9.64 Å². The van der Waals surface area contributed by atoms with Gasteiger partial charge in [0.1, 0.15) is 22.4 Å². The predicted molar refractivity (Wildman–Crippen MR) is 95.5 cm³/mol. The Labute approximate surface area is 150 Å². The van der Waals surface area contributed by atoms with Crippen LogP contribution in [0.1, 0.15) is 30.9 Å². The quantitative estimate of drug-likeness (QED) is 0.718. The zero-order valence-corrected chi connectivity index (χ0v) is 14.4. The molecular formula is C18H18ClN5O. The van der Waals surface area contributed by atoms with Gasteiger partial charge in [-0.05, 0) is 18.9 Å². The lowest BCUT2D eigenvalue weighted by molar-refractivity contribution is 0.225. The molecule has 0 N–H and O–H groups in total. The van der Waals surface area contributed by atoms with E-state index in [-0.39, 0.29) is 6.10 Å². The Balaban J connectivity index is 1.38. The molecule has 7 heteroatoms. The smallest absolute Gasteiger partial charge is 0.154 e. The van der Waals surface area contributed by atoms with Gasteiger partial charge >= 0.3 is 0 Å². The zero-order valence-electron chi connectivity index (χ0n) is 13.7. The molecule has 5 rings (SSSR count). The molecule has 0 bridgehead atoms. The molecule has 1 atom stereocenters. The molecule has 3 aromatic heterocycles. The second kappa shape index (κ2) is 5.88. The third-order valence-electron chi connectivity index (χ3n) is 4.86. The lowest BCUT2D eigenvalue weighted by atomic mass is 10.3. The number of aromatic nitrogens is 4. The molecule has 1 aliphatic carbocycles. The number of halogens is 1. The first-order chi connectivity index (χ1) is 12.3. The minimum absolute atomic E-state index is 0.0905. The minimum Gasteiger partial charge on any atom is -0.487 e. The van der Waals surface area contributed by atoms with E-state index in [1.54, 1.807) is 12.4 Å². The lowest BCUT2D eigenvalue weighted by Crippen LogP contribution is -2.25. The van der Waals surface area contributed by atoms with Crippen molar-refractivity contribution >= 4 is 22.9 Å². The van der Waals surface area contributed by atoms with Crippen LogP contribution in [0.25, 0.3) is 5.52 Å². The molecule has 1 saturated carbocycles. The van der Waals surface area contributed by atoms with Crippen molar-refractivity contribution in [3.05, 3.63) is 47.6 Å².